The number of hydrogen-bond acceptors (Lipinski definition) is 3. The molecule has 0 spiro atoms. The fourth-order valence-electron chi connectivity index (χ4n) is 1.89. The number of anilines is 2. The van der Waals surface area contributed by atoms with E-state index in [4.69, 9.17) is 17.3 Å². The molecule has 2 nitrogen and oxygen atoms in total. The van der Waals surface area contributed by atoms with Gasteiger partial charge in [-0.1, -0.05) is 11.6 Å². The SMILES string of the molecule is Nc1ccc(Cl)cc1NCC1CCSCC1. The van der Waals surface area contributed by atoms with Crippen molar-refractivity contribution in [1.82, 2.24) is 0 Å². The Bertz CT molecular complexity index is 351. The molecule has 0 amide bonds. The minimum atomic E-state index is 0.732. The van der Waals surface area contributed by atoms with Gasteiger partial charge in [-0.2, -0.15) is 11.8 Å². The lowest BCUT2D eigenvalue weighted by Gasteiger charge is -2.22. The Kier molecular flexibility index (Phi) is 4.24. The first-order chi connectivity index (χ1) is 7.75. The van der Waals surface area contributed by atoms with Crippen molar-refractivity contribution in [2.75, 3.05) is 29.1 Å². The van der Waals surface area contributed by atoms with Crippen molar-refractivity contribution < 1.29 is 0 Å². The Morgan fingerprint density at radius 3 is 2.88 bits per heavy atom. The molecule has 1 aliphatic heterocycles. The van der Waals surface area contributed by atoms with Crippen LogP contribution >= 0.6 is 23.4 Å². The molecule has 0 saturated carbocycles. The van der Waals surface area contributed by atoms with E-state index < -0.39 is 0 Å². The summed E-state index contributed by atoms with van der Waals surface area (Å²) in [5, 5.41) is 4.14. The zero-order valence-electron chi connectivity index (χ0n) is 9.21. The van der Waals surface area contributed by atoms with Gasteiger partial charge in [-0.15, -0.1) is 0 Å². The molecule has 1 fully saturated rings. The summed E-state index contributed by atoms with van der Waals surface area (Å²) in [6.45, 7) is 1.01. The molecular weight excluding hydrogens is 240 g/mol. The quantitative estimate of drug-likeness (QED) is 0.814. The standard InChI is InChI=1S/C12H17ClN2S/c13-10-1-2-11(14)12(7-10)15-8-9-3-5-16-6-4-9/h1-2,7,9,15H,3-6,8,14H2. The van der Waals surface area contributed by atoms with E-state index >= 15 is 0 Å². The van der Waals surface area contributed by atoms with E-state index in [1.807, 2.05) is 18.2 Å². The maximum absolute atomic E-state index is 5.94. The molecule has 0 bridgehead atoms. The molecule has 2 rings (SSSR count). The summed E-state index contributed by atoms with van der Waals surface area (Å²) in [5.41, 5.74) is 7.62. The van der Waals surface area contributed by atoms with Crippen LogP contribution in [-0.2, 0) is 0 Å². The average molecular weight is 257 g/mol. The first-order valence-electron chi connectivity index (χ1n) is 5.62. The Morgan fingerprint density at radius 2 is 2.12 bits per heavy atom. The second kappa shape index (κ2) is 5.69. The minimum Gasteiger partial charge on any atom is -0.397 e. The third-order valence-electron chi connectivity index (χ3n) is 2.94. The van der Waals surface area contributed by atoms with Crippen molar-refractivity contribution in [2.24, 2.45) is 5.92 Å². The third-order valence-corrected chi connectivity index (χ3v) is 4.22. The lowest BCUT2D eigenvalue weighted by Crippen LogP contribution is -2.19. The maximum Gasteiger partial charge on any atom is 0.0588 e. The molecule has 0 atom stereocenters. The number of thioether (sulfide) groups is 1. The largest absolute Gasteiger partial charge is 0.397 e. The van der Waals surface area contributed by atoms with E-state index in [1.54, 1.807) is 0 Å². The molecule has 88 valence electrons. The summed E-state index contributed by atoms with van der Waals surface area (Å²) in [4.78, 5) is 0. The highest BCUT2D eigenvalue weighted by atomic mass is 35.5. The molecule has 16 heavy (non-hydrogen) atoms. The second-order valence-electron chi connectivity index (χ2n) is 4.17. The number of nitrogen functional groups attached to an aromatic ring is 1. The molecule has 1 heterocycles. The number of nitrogens with two attached hydrogens (primary N) is 1. The van der Waals surface area contributed by atoms with Crippen molar-refractivity contribution >= 4 is 34.7 Å². The number of halogens is 1. The zero-order valence-corrected chi connectivity index (χ0v) is 10.8. The Morgan fingerprint density at radius 1 is 1.38 bits per heavy atom. The summed E-state index contributed by atoms with van der Waals surface area (Å²) in [5.74, 6) is 3.36. The van der Waals surface area contributed by atoms with E-state index in [9.17, 15) is 0 Å². The highest BCUT2D eigenvalue weighted by molar-refractivity contribution is 7.99. The van der Waals surface area contributed by atoms with Crippen molar-refractivity contribution in [3.8, 4) is 0 Å². The fourth-order valence-corrected chi connectivity index (χ4v) is 3.26. The highest BCUT2D eigenvalue weighted by Crippen LogP contribution is 2.26. The van der Waals surface area contributed by atoms with Gasteiger partial charge in [0.1, 0.15) is 0 Å². The van der Waals surface area contributed by atoms with Crippen molar-refractivity contribution in [2.45, 2.75) is 12.8 Å². The van der Waals surface area contributed by atoms with Gasteiger partial charge in [0.25, 0.3) is 0 Å². The highest BCUT2D eigenvalue weighted by Gasteiger charge is 2.13. The van der Waals surface area contributed by atoms with Gasteiger partial charge in [-0.3, -0.25) is 0 Å². The van der Waals surface area contributed by atoms with Gasteiger partial charge in [-0.05, 0) is 48.5 Å². The zero-order chi connectivity index (χ0) is 11.4. The van der Waals surface area contributed by atoms with Gasteiger partial charge in [0, 0.05) is 11.6 Å². The number of benzene rings is 1. The van der Waals surface area contributed by atoms with Crippen LogP contribution in [0, 0.1) is 5.92 Å². The number of nitrogens with one attached hydrogen (secondary N) is 1. The predicted octanol–water partition coefficient (Wildman–Crippen LogP) is 3.48. The number of rotatable bonds is 3. The molecule has 1 aromatic rings. The maximum atomic E-state index is 5.94. The second-order valence-corrected chi connectivity index (χ2v) is 5.83. The first-order valence-corrected chi connectivity index (χ1v) is 7.15. The fraction of sp³-hybridized carbons (Fsp3) is 0.500. The van der Waals surface area contributed by atoms with Crippen molar-refractivity contribution in [1.29, 1.82) is 0 Å². The van der Waals surface area contributed by atoms with Gasteiger partial charge in [0.15, 0.2) is 0 Å². The van der Waals surface area contributed by atoms with E-state index in [-0.39, 0.29) is 0 Å². The van der Waals surface area contributed by atoms with Crippen LogP contribution in [0.25, 0.3) is 0 Å². The monoisotopic (exact) mass is 256 g/mol. The minimum absolute atomic E-state index is 0.732. The Hall–Kier alpha value is -0.540. The summed E-state index contributed by atoms with van der Waals surface area (Å²) in [7, 11) is 0. The van der Waals surface area contributed by atoms with Crippen LogP contribution in [-0.4, -0.2) is 18.1 Å². The molecule has 1 saturated heterocycles. The third kappa shape index (κ3) is 3.22. The lowest BCUT2D eigenvalue weighted by molar-refractivity contribution is 0.516. The summed E-state index contributed by atoms with van der Waals surface area (Å²) < 4.78 is 0. The molecule has 1 aliphatic rings. The summed E-state index contributed by atoms with van der Waals surface area (Å²) in [6, 6.07) is 5.56. The average Bonchev–Trinajstić information content (AvgIpc) is 2.32. The van der Waals surface area contributed by atoms with E-state index in [1.165, 1.54) is 24.3 Å². The Balaban J connectivity index is 1.90. The van der Waals surface area contributed by atoms with Crippen LogP contribution in [0.4, 0.5) is 11.4 Å². The van der Waals surface area contributed by atoms with E-state index in [2.05, 4.69) is 17.1 Å². The predicted molar refractivity (Wildman–Crippen MR) is 74.4 cm³/mol. The topological polar surface area (TPSA) is 38.0 Å². The van der Waals surface area contributed by atoms with Crippen LogP contribution in [0.15, 0.2) is 18.2 Å². The molecule has 0 aromatic heterocycles. The van der Waals surface area contributed by atoms with Crippen LogP contribution in [0.3, 0.4) is 0 Å². The van der Waals surface area contributed by atoms with Gasteiger partial charge >= 0.3 is 0 Å². The van der Waals surface area contributed by atoms with Gasteiger partial charge in [0.05, 0.1) is 11.4 Å². The van der Waals surface area contributed by atoms with Crippen LogP contribution < -0.4 is 11.1 Å². The van der Waals surface area contributed by atoms with Gasteiger partial charge < -0.3 is 11.1 Å². The molecule has 0 aliphatic carbocycles. The van der Waals surface area contributed by atoms with Crippen LogP contribution in [0.1, 0.15) is 12.8 Å². The van der Waals surface area contributed by atoms with Gasteiger partial charge in [-0.25, -0.2) is 0 Å². The molecular formula is C12H17ClN2S. The van der Waals surface area contributed by atoms with Crippen molar-refractivity contribution in [3.63, 3.8) is 0 Å². The van der Waals surface area contributed by atoms with Crippen molar-refractivity contribution in [3.05, 3.63) is 23.2 Å². The summed E-state index contributed by atoms with van der Waals surface area (Å²) >= 11 is 7.99. The molecule has 0 unspecified atom stereocenters. The van der Waals surface area contributed by atoms with E-state index in [0.717, 1.165) is 28.9 Å². The molecule has 0 radical (unpaired) electrons. The normalized spacial score (nSPS) is 17.3. The smallest absolute Gasteiger partial charge is 0.0588 e. The van der Waals surface area contributed by atoms with E-state index in [0.29, 0.717) is 0 Å². The van der Waals surface area contributed by atoms with Crippen LogP contribution in [0.5, 0.6) is 0 Å². The number of hydrogen-bond donors (Lipinski definition) is 2. The van der Waals surface area contributed by atoms with Crippen LogP contribution in [0.2, 0.25) is 5.02 Å². The van der Waals surface area contributed by atoms with Gasteiger partial charge in [0.2, 0.25) is 0 Å². The Labute approximate surface area is 106 Å². The first kappa shape index (κ1) is 11.9. The molecule has 4 heteroatoms. The molecule has 3 N–H and O–H groups in total. The lowest BCUT2D eigenvalue weighted by atomic mass is 10.0. The molecule has 1 aromatic carbocycles. The summed E-state index contributed by atoms with van der Waals surface area (Å²) in [6.07, 6.45) is 2.61.